The van der Waals surface area contributed by atoms with Gasteiger partial charge in [-0.2, -0.15) is 0 Å². The van der Waals surface area contributed by atoms with Crippen LogP contribution in [0.15, 0.2) is 0 Å². The van der Waals surface area contributed by atoms with E-state index in [-0.39, 0.29) is 36.6 Å². The highest BCUT2D eigenvalue weighted by molar-refractivity contribution is 7.90. The third-order valence-corrected chi connectivity index (χ3v) is 2.99. The highest BCUT2D eigenvalue weighted by Crippen LogP contribution is 2.01. The molecule has 0 unspecified atom stereocenters. The smallest absolute Gasteiger partial charge is 0.221 e. The van der Waals surface area contributed by atoms with Gasteiger partial charge in [0.1, 0.15) is 9.84 Å². The molecule has 0 spiro atoms. The molecule has 0 heterocycles. The second kappa shape index (κ2) is 6.07. The highest BCUT2D eigenvalue weighted by Gasteiger charge is 2.15. The Labute approximate surface area is 90.8 Å². The second-order valence-electron chi connectivity index (χ2n) is 3.98. The molecule has 0 rings (SSSR count). The van der Waals surface area contributed by atoms with E-state index in [0.29, 0.717) is 0 Å². The molecule has 90 valence electrons. The van der Waals surface area contributed by atoms with Crippen LogP contribution in [0.25, 0.3) is 0 Å². The van der Waals surface area contributed by atoms with E-state index in [1.165, 1.54) is 0 Å². The summed E-state index contributed by atoms with van der Waals surface area (Å²) in [5, 5.41) is 11.5. The lowest BCUT2D eigenvalue weighted by Crippen LogP contribution is -2.41. The maximum Gasteiger partial charge on any atom is 0.221 e. The molecule has 0 saturated heterocycles. The Hall–Kier alpha value is -0.620. The summed E-state index contributed by atoms with van der Waals surface area (Å²) in [7, 11) is -3.11. The van der Waals surface area contributed by atoms with E-state index < -0.39 is 9.84 Å². The van der Waals surface area contributed by atoms with Gasteiger partial charge in [-0.3, -0.25) is 4.79 Å². The van der Waals surface area contributed by atoms with Gasteiger partial charge in [-0.1, -0.05) is 13.8 Å². The number of hydrogen-bond acceptors (Lipinski definition) is 4. The maximum atomic E-state index is 11.3. The first-order valence-corrected chi connectivity index (χ1v) is 6.90. The van der Waals surface area contributed by atoms with Crippen molar-refractivity contribution < 1.29 is 18.3 Å². The van der Waals surface area contributed by atoms with E-state index in [9.17, 15) is 13.2 Å². The van der Waals surface area contributed by atoms with Gasteiger partial charge in [0.25, 0.3) is 0 Å². The number of carbonyl (C=O) groups is 1. The molecule has 15 heavy (non-hydrogen) atoms. The van der Waals surface area contributed by atoms with Gasteiger partial charge >= 0.3 is 0 Å². The third-order valence-electron chi connectivity index (χ3n) is 2.05. The van der Waals surface area contributed by atoms with E-state index in [4.69, 9.17) is 5.11 Å². The molecule has 0 aliphatic carbocycles. The van der Waals surface area contributed by atoms with Crippen LogP contribution >= 0.6 is 0 Å². The van der Waals surface area contributed by atoms with Gasteiger partial charge in [0.15, 0.2) is 0 Å². The van der Waals surface area contributed by atoms with Crippen LogP contribution in [0.5, 0.6) is 0 Å². The molecule has 0 radical (unpaired) electrons. The third kappa shape index (κ3) is 7.33. The van der Waals surface area contributed by atoms with Gasteiger partial charge in [-0.05, 0) is 5.92 Å². The molecule has 0 bridgehead atoms. The molecular formula is C9H19NO4S. The van der Waals surface area contributed by atoms with Gasteiger partial charge in [0.2, 0.25) is 5.91 Å². The van der Waals surface area contributed by atoms with Crippen molar-refractivity contribution >= 4 is 15.7 Å². The molecule has 2 N–H and O–H groups in total. The second-order valence-corrected chi connectivity index (χ2v) is 6.24. The Morgan fingerprint density at radius 2 is 1.93 bits per heavy atom. The molecule has 0 aromatic heterocycles. The number of aliphatic hydroxyl groups excluding tert-OH is 1. The summed E-state index contributed by atoms with van der Waals surface area (Å²) in [6.07, 6.45) is 1.04. The normalized spacial score (nSPS) is 13.9. The SMILES string of the molecule is CC(C)[C@@H](CO)NC(=O)CCS(C)(=O)=O. The predicted octanol–water partition coefficient (Wildman–Crippen LogP) is -0.446. The summed E-state index contributed by atoms with van der Waals surface area (Å²) in [6.45, 7) is 3.61. The van der Waals surface area contributed by atoms with Crippen molar-refractivity contribution in [1.82, 2.24) is 5.32 Å². The predicted molar refractivity (Wildman–Crippen MR) is 58.2 cm³/mol. The van der Waals surface area contributed by atoms with Crippen molar-refractivity contribution in [3.05, 3.63) is 0 Å². The topological polar surface area (TPSA) is 83.5 Å². The first-order chi connectivity index (χ1) is 6.76. The monoisotopic (exact) mass is 237 g/mol. The molecular weight excluding hydrogens is 218 g/mol. The van der Waals surface area contributed by atoms with E-state index in [0.717, 1.165) is 6.26 Å². The Kier molecular flexibility index (Phi) is 5.82. The molecule has 0 fully saturated rings. The zero-order valence-corrected chi connectivity index (χ0v) is 10.2. The van der Waals surface area contributed by atoms with Crippen molar-refractivity contribution in [3.63, 3.8) is 0 Å². The number of amides is 1. The summed E-state index contributed by atoms with van der Waals surface area (Å²) >= 11 is 0. The summed E-state index contributed by atoms with van der Waals surface area (Å²) in [4.78, 5) is 11.3. The Bertz CT molecular complexity index is 297. The van der Waals surface area contributed by atoms with Gasteiger partial charge in [-0.15, -0.1) is 0 Å². The Morgan fingerprint density at radius 1 is 1.40 bits per heavy atom. The molecule has 6 heteroatoms. The van der Waals surface area contributed by atoms with Gasteiger partial charge in [0, 0.05) is 12.7 Å². The lowest BCUT2D eigenvalue weighted by atomic mass is 10.1. The molecule has 5 nitrogen and oxygen atoms in total. The molecule has 0 aliphatic rings. The van der Waals surface area contributed by atoms with Crippen LogP contribution in [-0.4, -0.2) is 44.1 Å². The number of sulfone groups is 1. The van der Waals surface area contributed by atoms with Crippen LogP contribution in [0.1, 0.15) is 20.3 Å². The van der Waals surface area contributed by atoms with Crippen LogP contribution < -0.4 is 5.32 Å². The largest absolute Gasteiger partial charge is 0.394 e. The summed E-state index contributed by atoms with van der Waals surface area (Å²) in [5.41, 5.74) is 0. The standard InChI is InChI=1S/C9H19NO4S/c1-7(2)8(6-11)10-9(12)4-5-15(3,13)14/h7-8,11H,4-6H2,1-3H3,(H,10,12)/t8-/m1/s1. The molecule has 0 saturated carbocycles. The fourth-order valence-electron chi connectivity index (χ4n) is 0.980. The minimum Gasteiger partial charge on any atom is -0.394 e. The van der Waals surface area contributed by atoms with Gasteiger partial charge < -0.3 is 10.4 Å². The number of rotatable bonds is 6. The van der Waals surface area contributed by atoms with Crippen LogP contribution in [0, 0.1) is 5.92 Å². The van der Waals surface area contributed by atoms with E-state index >= 15 is 0 Å². The van der Waals surface area contributed by atoms with Crippen LogP contribution in [0.2, 0.25) is 0 Å². The van der Waals surface area contributed by atoms with Gasteiger partial charge in [0.05, 0.1) is 18.4 Å². The highest BCUT2D eigenvalue weighted by atomic mass is 32.2. The van der Waals surface area contributed by atoms with Crippen molar-refractivity contribution in [3.8, 4) is 0 Å². The number of hydrogen-bond donors (Lipinski definition) is 2. The van der Waals surface area contributed by atoms with Crippen LogP contribution in [0.4, 0.5) is 0 Å². The van der Waals surface area contributed by atoms with Crippen molar-refractivity contribution in [2.75, 3.05) is 18.6 Å². The molecule has 1 amide bonds. The molecule has 0 aromatic rings. The van der Waals surface area contributed by atoms with E-state index in [1.807, 2.05) is 13.8 Å². The molecule has 1 atom stereocenters. The lowest BCUT2D eigenvalue weighted by Gasteiger charge is -2.19. The Balaban J connectivity index is 4.03. The van der Waals surface area contributed by atoms with Crippen LogP contribution in [0.3, 0.4) is 0 Å². The average molecular weight is 237 g/mol. The zero-order chi connectivity index (χ0) is 12.1. The number of nitrogens with one attached hydrogen (secondary N) is 1. The quantitative estimate of drug-likeness (QED) is 0.655. The van der Waals surface area contributed by atoms with Gasteiger partial charge in [-0.25, -0.2) is 8.42 Å². The molecule has 0 aromatic carbocycles. The van der Waals surface area contributed by atoms with Crippen molar-refractivity contribution in [1.29, 1.82) is 0 Å². The summed E-state index contributed by atoms with van der Waals surface area (Å²) < 4.78 is 21.6. The average Bonchev–Trinajstić information content (AvgIpc) is 2.09. The molecule has 0 aliphatic heterocycles. The maximum absolute atomic E-state index is 11.3. The first kappa shape index (κ1) is 14.4. The minimum absolute atomic E-state index is 0.0535. The fraction of sp³-hybridized carbons (Fsp3) is 0.889. The zero-order valence-electron chi connectivity index (χ0n) is 9.36. The fourth-order valence-corrected chi connectivity index (χ4v) is 1.54. The van der Waals surface area contributed by atoms with Crippen molar-refractivity contribution in [2.45, 2.75) is 26.3 Å². The summed E-state index contributed by atoms with van der Waals surface area (Å²) in [5.74, 6) is -0.375. The van der Waals surface area contributed by atoms with E-state index in [2.05, 4.69) is 5.32 Å². The minimum atomic E-state index is -3.11. The van der Waals surface area contributed by atoms with E-state index in [1.54, 1.807) is 0 Å². The lowest BCUT2D eigenvalue weighted by molar-refractivity contribution is -0.122. The summed E-state index contributed by atoms with van der Waals surface area (Å²) in [6, 6.07) is -0.308. The van der Waals surface area contributed by atoms with Crippen LogP contribution in [-0.2, 0) is 14.6 Å². The Morgan fingerprint density at radius 3 is 2.27 bits per heavy atom. The number of aliphatic hydroxyl groups is 1. The first-order valence-electron chi connectivity index (χ1n) is 4.84. The van der Waals surface area contributed by atoms with Crippen molar-refractivity contribution in [2.24, 2.45) is 5.92 Å². The number of carbonyl (C=O) groups excluding carboxylic acids is 1.